The Kier molecular flexibility index (Phi) is 4.69. The summed E-state index contributed by atoms with van der Waals surface area (Å²) < 4.78 is 10.8. The molecule has 10 heteroatoms. The molecule has 3 atom stereocenters. The zero-order valence-electron chi connectivity index (χ0n) is 22.3. The van der Waals surface area contributed by atoms with Gasteiger partial charge in [-0.25, -0.2) is 0 Å². The fraction of sp³-hybridized carbons (Fsp3) is 0.258. The molecular formula is C31H27N5O5. The number of amides is 3. The number of hydrogen-bond donors (Lipinski definition) is 4. The van der Waals surface area contributed by atoms with E-state index in [2.05, 4.69) is 27.1 Å². The molecule has 5 heterocycles. The van der Waals surface area contributed by atoms with Crippen LogP contribution >= 0.6 is 0 Å². The van der Waals surface area contributed by atoms with Crippen LogP contribution in [0.5, 0.6) is 0 Å². The van der Waals surface area contributed by atoms with Gasteiger partial charge in [-0.3, -0.25) is 14.4 Å². The lowest BCUT2D eigenvalue weighted by molar-refractivity contribution is -0.187. The van der Waals surface area contributed by atoms with Crippen molar-refractivity contribution in [1.82, 2.24) is 25.1 Å². The molecule has 3 amide bonds. The van der Waals surface area contributed by atoms with Gasteiger partial charge in [0.05, 0.1) is 27.6 Å². The van der Waals surface area contributed by atoms with E-state index in [0.29, 0.717) is 12.1 Å². The summed E-state index contributed by atoms with van der Waals surface area (Å²) in [6.07, 6.45) is 0.456. The number of ether oxygens (including phenoxy) is 1. The number of aliphatic hydroxyl groups is 1. The molecule has 1 fully saturated rings. The monoisotopic (exact) mass is 549 g/mol. The minimum atomic E-state index is -1.96. The maximum Gasteiger partial charge on any atom is 0.257 e. The van der Waals surface area contributed by atoms with Crippen LogP contribution in [0.25, 0.3) is 43.6 Å². The van der Waals surface area contributed by atoms with E-state index in [1.54, 1.807) is 6.92 Å². The standard InChI is InChI=1S/C31H27N5O5/c1-3-21(37)32-12-13-33-29(39)31(40)14-22-35-19-10-6-4-8-16(19)24-25-18(15-34-28(25)38)23-17-9-5-7-11-20(17)36(27(23)26(24)35)30(31,2)41-22/h3-11,22,40H,1,12-15H2,2H3,(H,32,37)(H,33,39)(H,34,38)/t22?,30-,31-/m0/s1. The SMILES string of the molecule is C=CC(=O)NCCNC(=O)[C@@]1(O)CC2O[C@]1(C)n1c3ccccc3c3c4c(c5c6ccccc6n2c5c31)C(=O)NC4. The lowest BCUT2D eigenvalue weighted by atomic mass is 9.87. The average Bonchev–Trinajstić information content (AvgIpc) is 3.67. The molecule has 0 spiro atoms. The fourth-order valence-corrected chi connectivity index (χ4v) is 7.33. The van der Waals surface area contributed by atoms with Gasteiger partial charge < -0.3 is 34.9 Å². The van der Waals surface area contributed by atoms with Gasteiger partial charge in [-0.15, -0.1) is 0 Å². The second kappa shape index (κ2) is 7.96. The Morgan fingerprint density at radius 1 is 1.07 bits per heavy atom. The minimum absolute atomic E-state index is 0.0150. The number of carbonyl (C=O) groups is 3. The van der Waals surface area contributed by atoms with Crippen LogP contribution in [-0.2, 0) is 26.6 Å². The first-order valence-electron chi connectivity index (χ1n) is 13.7. The largest absolute Gasteiger partial charge is 0.376 e. The Labute approximate surface area is 233 Å². The van der Waals surface area contributed by atoms with Crippen LogP contribution in [0.4, 0.5) is 0 Å². The van der Waals surface area contributed by atoms with Crippen molar-refractivity contribution >= 4 is 61.3 Å². The molecule has 5 aromatic rings. The second-order valence-corrected chi connectivity index (χ2v) is 11.1. The van der Waals surface area contributed by atoms with Crippen molar-refractivity contribution in [2.24, 2.45) is 0 Å². The van der Waals surface area contributed by atoms with Gasteiger partial charge in [-0.2, -0.15) is 0 Å². The van der Waals surface area contributed by atoms with Gasteiger partial charge in [0, 0.05) is 47.6 Å². The van der Waals surface area contributed by atoms with E-state index in [9.17, 15) is 19.5 Å². The third kappa shape index (κ3) is 2.80. The highest BCUT2D eigenvalue weighted by atomic mass is 16.6. The van der Waals surface area contributed by atoms with Gasteiger partial charge in [-0.05, 0) is 30.7 Å². The summed E-state index contributed by atoms with van der Waals surface area (Å²) in [6, 6.07) is 15.7. The van der Waals surface area contributed by atoms with Gasteiger partial charge in [0.25, 0.3) is 11.8 Å². The van der Waals surface area contributed by atoms with Crippen molar-refractivity contribution in [1.29, 1.82) is 0 Å². The van der Waals surface area contributed by atoms with Gasteiger partial charge in [-0.1, -0.05) is 43.0 Å². The number of aromatic nitrogens is 2. The van der Waals surface area contributed by atoms with Crippen molar-refractivity contribution < 1.29 is 24.2 Å². The van der Waals surface area contributed by atoms with Crippen LogP contribution in [0.15, 0.2) is 61.2 Å². The first kappa shape index (κ1) is 24.2. The van der Waals surface area contributed by atoms with E-state index < -0.39 is 23.5 Å². The van der Waals surface area contributed by atoms with E-state index in [1.165, 1.54) is 0 Å². The summed E-state index contributed by atoms with van der Waals surface area (Å²) in [6.45, 7) is 5.89. The van der Waals surface area contributed by atoms with Crippen LogP contribution < -0.4 is 16.0 Å². The minimum Gasteiger partial charge on any atom is -0.376 e. The summed E-state index contributed by atoms with van der Waals surface area (Å²) in [4.78, 5) is 38.8. The highest BCUT2D eigenvalue weighted by Gasteiger charge is 2.64. The predicted octanol–water partition coefficient (Wildman–Crippen LogP) is 2.90. The molecule has 41 heavy (non-hydrogen) atoms. The molecule has 10 nitrogen and oxygen atoms in total. The molecule has 2 bridgehead atoms. The molecule has 1 saturated heterocycles. The predicted molar refractivity (Wildman–Crippen MR) is 153 cm³/mol. The first-order valence-corrected chi connectivity index (χ1v) is 13.7. The Hall–Kier alpha value is -4.67. The molecule has 0 saturated carbocycles. The number of nitrogens with one attached hydrogen (secondary N) is 3. The van der Waals surface area contributed by atoms with Crippen molar-refractivity contribution in [3.05, 3.63) is 72.3 Å². The first-order chi connectivity index (χ1) is 19.8. The molecule has 8 rings (SSSR count). The number of para-hydroxylation sites is 2. The Morgan fingerprint density at radius 3 is 2.51 bits per heavy atom. The Morgan fingerprint density at radius 2 is 1.76 bits per heavy atom. The molecule has 3 aliphatic heterocycles. The van der Waals surface area contributed by atoms with Crippen LogP contribution in [-0.4, -0.2) is 50.7 Å². The summed E-state index contributed by atoms with van der Waals surface area (Å²) in [5.41, 5.74) is 1.45. The van der Waals surface area contributed by atoms with Gasteiger partial charge in [0.2, 0.25) is 5.91 Å². The third-order valence-electron chi connectivity index (χ3n) is 9.10. The molecular weight excluding hydrogens is 522 g/mol. The van der Waals surface area contributed by atoms with Crippen molar-refractivity contribution in [3.63, 3.8) is 0 Å². The fourth-order valence-electron chi connectivity index (χ4n) is 7.33. The number of nitrogens with zero attached hydrogens (tertiary/aromatic N) is 2. The maximum absolute atomic E-state index is 13.9. The van der Waals surface area contributed by atoms with E-state index in [1.807, 2.05) is 53.1 Å². The zero-order chi connectivity index (χ0) is 28.3. The molecule has 0 radical (unpaired) electrons. The average molecular weight is 550 g/mol. The van der Waals surface area contributed by atoms with E-state index in [-0.39, 0.29) is 31.3 Å². The van der Waals surface area contributed by atoms with Crippen molar-refractivity contribution in [3.8, 4) is 0 Å². The molecule has 1 unspecified atom stereocenters. The molecule has 4 N–H and O–H groups in total. The van der Waals surface area contributed by atoms with E-state index >= 15 is 0 Å². The highest BCUT2D eigenvalue weighted by Crippen LogP contribution is 2.57. The van der Waals surface area contributed by atoms with Crippen LogP contribution in [0.3, 0.4) is 0 Å². The Balaban J connectivity index is 1.44. The lowest BCUT2D eigenvalue weighted by Crippen LogP contribution is -2.60. The van der Waals surface area contributed by atoms with Gasteiger partial charge >= 0.3 is 0 Å². The van der Waals surface area contributed by atoms with Crippen molar-refractivity contribution in [2.45, 2.75) is 37.4 Å². The van der Waals surface area contributed by atoms with Gasteiger partial charge in [0.15, 0.2) is 11.3 Å². The van der Waals surface area contributed by atoms with Gasteiger partial charge in [0.1, 0.15) is 6.23 Å². The summed E-state index contributed by atoms with van der Waals surface area (Å²) in [5, 5.41) is 24.5. The van der Waals surface area contributed by atoms with Crippen molar-refractivity contribution in [2.75, 3.05) is 13.1 Å². The number of benzene rings is 3. The molecule has 0 aliphatic carbocycles. The summed E-state index contributed by atoms with van der Waals surface area (Å²) in [5.74, 6) is -1.04. The molecule has 2 aromatic heterocycles. The van der Waals surface area contributed by atoms with E-state index in [0.717, 1.165) is 55.3 Å². The van der Waals surface area contributed by atoms with Crippen LogP contribution in [0.2, 0.25) is 0 Å². The smallest absolute Gasteiger partial charge is 0.257 e. The number of hydrogen-bond acceptors (Lipinski definition) is 5. The quantitative estimate of drug-likeness (QED) is 0.198. The second-order valence-electron chi connectivity index (χ2n) is 11.1. The maximum atomic E-state index is 13.9. The lowest BCUT2D eigenvalue weighted by Gasteiger charge is -2.38. The Bertz CT molecular complexity index is 2040. The number of fused-ring (bicyclic) bond motifs is 13. The summed E-state index contributed by atoms with van der Waals surface area (Å²) in [7, 11) is 0. The summed E-state index contributed by atoms with van der Waals surface area (Å²) >= 11 is 0. The topological polar surface area (TPSA) is 127 Å². The molecule has 3 aliphatic rings. The molecule has 3 aromatic carbocycles. The van der Waals surface area contributed by atoms with E-state index in [4.69, 9.17) is 4.74 Å². The normalized spacial score (nSPS) is 24.2. The highest BCUT2D eigenvalue weighted by molar-refractivity contribution is 6.31. The van der Waals surface area contributed by atoms with Crippen LogP contribution in [0, 0.1) is 0 Å². The third-order valence-corrected chi connectivity index (χ3v) is 9.10. The number of carbonyl (C=O) groups excluding carboxylic acids is 3. The zero-order valence-corrected chi connectivity index (χ0v) is 22.3. The van der Waals surface area contributed by atoms with Crippen LogP contribution in [0.1, 0.15) is 35.5 Å². The number of rotatable bonds is 5. The molecule has 206 valence electrons.